The van der Waals surface area contributed by atoms with E-state index in [1.54, 1.807) is 6.08 Å². The zero-order chi connectivity index (χ0) is 17.1. The molecular formula is C19H21N5O. The van der Waals surface area contributed by atoms with Crippen molar-refractivity contribution in [3.05, 3.63) is 60.3 Å². The Balaban J connectivity index is 1.41. The van der Waals surface area contributed by atoms with Gasteiger partial charge in [0.25, 0.3) is 0 Å². The van der Waals surface area contributed by atoms with Crippen LogP contribution in [-0.4, -0.2) is 43.5 Å². The Labute approximate surface area is 146 Å². The Kier molecular flexibility index (Phi) is 4.33. The van der Waals surface area contributed by atoms with Crippen LogP contribution in [0, 0.1) is 5.92 Å². The average Bonchev–Trinajstić information content (AvgIpc) is 3.30. The smallest absolute Gasteiger partial charge is 0.246 e. The molecule has 1 aliphatic rings. The second-order valence-corrected chi connectivity index (χ2v) is 6.50. The topological polar surface area (TPSA) is 66.3 Å². The van der Waals surface area contributed by atoms with E-state index >= 15 is 0 Å². The molecule has 1 fully saturated rings. The van der Waals surface area contributed by atoms with E-state index in [-0.39, 0.29) is 5.91 Å². The number of carbonyl (C=O) groups excluding carboxylic acids is 1. The molecule has 4 rings (SSSR count). The van der Waals surface area contributed by atoms with Gasteiger partial charge in [0.05, 0.1) is 0 Å². The van der Waals surface area contributed by atoms with Crippen molar-refractivity contribution in [3.63, 3.8) is 0 Å². The Morgan fingerprint density at radius 1 is 1.28 bits per heavy atom. The molecule has 1 amide bonds. The first-order valence-corrected chi connectivity index (χ1v) is 8.68. The van der Waals surface area contributed by atoms with Crippen LogP contribution in [0.4, 0.5) is 0 Å². The molecule has 1 N–H and O–H groups in total. The van der Waals surface area contributed by atoms with Gasteiger partial charge in [-0.1, -0.05) is 6.07 Å². The summed E-state index contributed by atoms with van der Waals surface area (Å²) < 4.78 is 2.03. The number of aromatic amines is 1. The van der Waals surface area contributed by atoms with Gasteiger partial charge in [-0.2, -0.15) is 0 Å². The lowest BCUT2D eigenvalue weighted by Gasteiger charge is -2.31. The molecule has 0 bridgehead atoms. The fourth-order valence-electron chi connectivity index (χ4n) is 3.43. The minimum atomic E-state index is 0.0744. The van der Waals surface area contributed by atoms with E-state index in [1.165, 1.54) is 0 Å². The van der Waals surface area contributed by atoms with Gasteiger partial charge in [0.15, 0.2) is 5.65 Å². The van der Waals surface area contributed by atoms with Gasteiger partial charge in [0.2, 0.25) is 5.91 Å². The van der Waals surface area contributed by atoms with Gasteiger partial charge < -0.3 is 9.88 Å². The first-order chi connectivity index (χ1) is 12.3. The molecule has 25 heavy (non-hydrogen) atoms. The van der Waals surface area contributed by atoms with Crippen LogP contribution in [0.25, 0.3) is 11.7 Å². The highest BCUT2D eigenvalue weighted by Crippen LogP contribution is 2.21. The van der Waals surface area contributed by atoms with Gasteiger partial charge in [-0.3, -0.25) is 9.20 Å². The van der Waals surface area contributed by atoms with Crippen molar-refractivity contribution in [2.75, 3.05) is 13.1 Å². The Hall–Kier alpha value is -2.89. The molecular weight excluding hydrogens is 314 g/mol. The van der Waals surface area contributed by atoms with Gasteiger partial charge >= 0.3 is 0 Å². The summed E-state index contributed by atoms with van der Waals surface area (Å²) in [5, 5.41) is 8.53. The lowest BCUT2D eigenvalue weighted by Crippen LogP contribution is -2.39. The molecule has 0 saturated carbocycles. The second-order valence-electron chi connectivity index (χ2n) is 6.50. The molecule has 0 radical (unpaired) electrons. The van der Waals surface area contributed by atoms with E-state index in [9.17, 15) is 4.79 Å². The number of hydrogen-bond acceptors (Lipinski definition) is 3. The normalized spacial score (nSPS) is 18.2. The van der Waals surface area contributed by atoms with Gasteiger partial charge in [-0.25, -0.2) is 0 Å². The number of amides is 1. The summed E-state index contributed by atoms with van der Waals surface area (Å²) in [5.41, 5.74) is 1.81. The number of nitrogens with one attached hydrogen (secondary N) is 1. The summed E-state index contributed by atoms with van der Waals surface area (Å²) in [4.78, 5) is 17.5. The van der Waals surface area contributed by atoms with Crippen LogP contribution >= 0.6 is 0 Å². The lowest BCUT2D eigenvalue weighted by molar-refractivity contribution is -0.127. The molecule has 3 aromatic rings. The number of fused-ring (bicyclic) bond motifs is 1. The maximum absolute atomic E-state index is 12.4. The number of pyridine rings is 1. The van der Waals surface area contributed by atoms with Crippen LogP contribution in [0.3, 0.4) is 0 Å². The predicted octanol–water partition coefficient (Wildman–Crippen LogP) is 2.55. The predicted molar refractivity (Wildman–Crippen MR) is 95.8 cm³/mol. The van der Waals surface area contributed by atoms with Crippen molar-refractivity contribution in [2.24, 2.45) is 5.92 Å². The van der Waals surface area contributed by atoms with Crippen molar-refractivity contribution in [1.82, 2.24) is 24.5 Å². The summed E-state index contributed by atoms with van der Waals surface area (Å²) in [6.07, 6.45) is 10.3. The van der Waals surface area contributed by atoms with Crippen LogP contribution in [0.2, 0.25) is 0 Å². The SMILES string of the molecule is O=C(/C=C/c1ccc[nH]1)N1CCCC(Cc2nnc3ccccn23)C1. The highest BCUT2D eigenvalue weighted by molar-refractivity contribution is 5.91. The first kappa shape index (κ1) is 15.6. The van der Waals surface area contributed by atoms with Crippen LogP contribution in [0.15, 0.2) is 48.8 Å². The second kappa shape index (κ2) is 6.93. The average molecular weight is 335 g/mol. The molecule has 0 aliphatic carbocycles. The molecule has 6 nitrogen and oxygen atoms in total. The molecule has 1 unspecified atom stereocenters. The summed E-state index contributed by atoms with van der Waals surface area (Å²) in [7, 11) is 0. The minimum absolute atomic E-state index is 0.0744. The summed E-state index contributed by atoms with van der Waals surface area (Å²) in [6.45, 7) is 1.60. The summed E-state index contributed by atoms with van der Waals surface area (Å²) >= 11 is 0. The van der Waals surface area contributed by atoms with Gasteiger partial charge in [0, 0.05) is 43.7 Å². The van der Waals surface area contributed by atoms with E-state index in [0.29, 0.717) is 5.92 Å². The maximum Gasteiger partial charge on any atom is 0.246 e. The summed E-state index contributed by atoms with van der Waals surface area (Å²) in [5.74, 6) is 1.46. The molecule has 0 aromatic carbocycles. The van der Waals surface area contributed by atoms with Crippen LogP contribution in [-0.2, 0) is 11.2 Å². The number of H-pyrrole nitrogens is 1. The van der Waals surface area contributed by atoms with Gasteiger partial charge in [-0.05, 0) is 49.1 Å². The van der Waals surface area contributed by atoms with E-state index < -0.39 is 0 Å². The third-order valence-electron chi connectivity index (χ3n) is 4.71. The van der Waals surface area contributed by atoms with Crippen LogP contribution in [0.5, 0.6) is 0 Å². The van der Waals surface area contributed by atoms with Crippen molar-refractivity contribution in [1.29, 1.82) is 0 Å². The molecule has 3 aromatic heterocycles. The van der Waals surface area contributed by atoms with E-state index in [1.807, 2.05) is 58.1 Å². The van der Waals surface area contributed by atoms with Crippen molar-refractivity contribution in [2.45, 2.75) is 19.3 Å². The molecule has 6 heteroatoms. The molecule has 0 spiro atoms. The maximum atomic E-state index is 12.4. The zero-order valence-electron chi connectivity index (χ0n) is 14.0. The number of carbonyl (C=O) groups is 1. The number of piperidine rings is 1. The van der Waals surface area contributed by atoms with Gasteiger partial charge in [0.1, 0.15) is 5.82 Å². The molecule has 1 aliphatic heterocycles. The standard InChI is InChI=1S/C19H21N5O/c25-19(9-8-16-6-3-10-20-16)23-11-4-5-15(14-23)13-18-22-21-17-7-1-2-12-24(17)18/h1-3,6-10,12,15,20H,4-5,11,13-14H2/b9-8+. The first-order valence-electron chi connectivity index (χ1n) is 8.68. The minimum Gasteiger partial charge on any atom is -0.362 e. The van der Waals surface area contributed by atoms with Crippen molar-refractivity contribution in [3.8, 4) is 0 Å². The highest BCUT2D eigenvalue weighted by atomic mass is 16.2. The third kappa shape index (κ3) is 3.47. The Morgan fingerprint density at radius 2 is 2.24 bits per heavy atom. The van der Waals surface area contributed by atoms with E-state index in [4.69, 9.17) is 0 Å². The monoisotopic (exact) mass is 335 g/mol. The number of hydrogen-bond donors (Lipinski definition) is 1. The lowest BCUT2D eigenvalue weighted by atomic mass is 9.94. The Bertz CT molecular complexity index is 880. The fraction of sp³-hybridized carbons (Fsp3) is 0.316. The fourth-order valence-corrected chi connectivity index (χ4v) is 3.43. The van der Waals surface area contributed by atoms with Crippen LogP contribution in [0.1, 0.15) is 24.4 Å². The number of likely N-dealkylation sites (tertiary alicyclic amines) is 1. The third-order valence-corrected chi connectivity index (χ3v) is 4.71. The molecule has 128 valence electrons. The molecule has 1 saturated heterocycles. The molecule has 1 atom stereocenters. The van der Waals surface area contributed by atoms with E-state index in [2.05, 4.69) is 15.2 Å². The quantitative estimate of drug-likeness (QED) is 0.745. The molecule has 4 heterocycles. The largest absolute Gasteiger partial charge is 0.362 e. The van der Waals surface area contributed by atoms with Crippen LogP contribution < -0.4 is 0 Å². The van der Waals surface area contributed by atoms with Gasteiger partial charge in [-0.15, -0.1) is 10.2 Å². The number of aromatic nitrogens is 4. The van der Waals surface area contributed by atoms with E-state index in [0.717, 1.165) is 49.5 Å². The highest BCUT2D eigenvalue weighted by Gasteiger charge is 2.24. The summed E-state index contributed by atoms with van der Waals surface area (Å²) in [6, 6.07) is 9.77. The number of nitrogens with zero attached hydrogens (tertiary/aromatic N) is 4. The zero-order valence-corrected chi connectivity index (χ0v) is 14.0. The van der Waals surface area contributed by atoms with Crippen molar-refractivity contribution < 1.29 is 4.79 Å². The Morgan fingerprint density at radius 3 is 3.12 bits per heavy atom. The van der Waals surface area contributed by atoms with Crippen molar-refractivity contribution >= 4 is 17.6 Å². The number of rotatable bonds is 4.